The summed E-state index contributed by atoms with van der Waals surface area (Å²) in [6.07, 6.45) is 2.38. The van der Waals surface area contributed by atoms with E-state index in [-0.39, 0.29) is 11.3 Å². The standard InChI is InChI=1S/C13H16N2O4/c1-8(9-5-6-9)14-7-10-3-2-4-11(15(18)19)12(10)13(16)17/h2-4,8-9,14H,5-7H2,1H3,(H,16,17). The van der Waals surface area contributed by atoms with Gasteiger partial charge in [-0.2, -0.15) is 0 Å². The lowest BCUT2D eigenvalue weighted by Crippen LogP contribution is -2.28. The first-order valence-electron chi connectivity index (χ1n) is 6.23. The molecule has 19 heavy (non-hydrogen) atoms. The molecular weight excluding hydrogens is 248 g/mol. The number of carbonyl (C=O) groups is 1. The molecule has 2 N–H and O–H groups in total. The lowest BCUT2D eigenvalue weighted by molar-refractivity contribution is -0.385. The van der Waals surface area contributed by atoms with Gasteiger partial charge < -0.3 is 10.4 Å². The van der Waals surface area contributed by atoms with E-state index in [1.807, 2.05) is 0 Å². The molecule has 6 nitrogen and oxygen atoms in total. The fourth-order valence-corrected chi connectivity index (χ4v) is 2.17. The van der Waals surface area contributed by atoms with E-state index in [2.05, 4.69) is 12.2 Å². The second-order valence-corrected chi connectivity index (χ2v) is 4.88. The Bertz CT molecular complexity index is 511. The summed E-state index contributed by atoms with van der Waals surface area (Å²) in [5.74, 6) is -0.616. The van der Waals surface area contributed by atoms with Crippen LogP contribution in [-0.2, 0) is 6.54 Å². The van der Waals surface area contributed by atoms with Crippen LogP contribution in [0.15, 0.2) is 18.2 Å². The van der Waals surface area contributed by atoms with Crippen molar-refractivity contribution in [1.29, 1.82) is 0 Å². The zero-order chi connectivity index (χ0) is 14.0. The summed E-state index contributed by atoms with van der Waals surface area (Å²) in [7, 11) is 0. The maximum atomic E-state index is 11.2. The average Bonchev–Trinajstić information content (AvgIpc) is 3.19. The van der Waals surface area contributed by atoms with Gasteiger partial charge in [0.05, 0.1) is 4.92 Å². The summed E-state index contributed by atoms with van der Waals surface area (Å²) >= 11 is 0. The Morgan fingerprint density at radius 1 is 1.58 bits per heavy atom. The maximum Gasteiger partial charge on any atom is 0.343 e. The monoisotopic (exact) mass is 264 g/mol. The summed E-state index contributed by atoms with van der Waals surface area (Å²) in [5, 5.41) is 23.2. The van der Waals surface area contributed by atoms with E-state index >= 15 is 0 Å². The number of nitro benzene ring substituents is 1. The lowest BCUT2D eigenvalue weighted by Gasteiger charge is -2.13. The number of nitro groups is 1. The van der Waals surface area contributed by atoms with Crippen LogP contribution in [-0.4, -0.2) is 22.0 Å². The van der Waals surface area contributed by atoms with Crippen LogP contribution in [0.5, 0.6) is 0 Å². The normalized spacial score (nSPS) is 16.1. The highest BCUT2D eigenvalue weighted by Crippen LogP contribution is 2.32. The summed E-state index contributed by atoms with van der Waals surface area (Å²) in [6.45, 7) is 2.39. The number of carboxylic acid groups (broad SMARTS) is 1. The smallest absolute Gasteiger partial charge is 0.343 e. The van der Waals surface area contributed by atoms with E-state index in [0.717, 1.165) is 0 Å². The van der Waals surface area contributed by atoms with Crippen molar-refractivity contribution in [3.8, 4) is 0 Å². The molecule has 0 radical (unpaired) electrons. The molecule has 1 aromatic carbocycles. The third kappa shape index (κ3) is 3.08. The molecule has 1 aliphatic rings. The third-order valence-corrected chi connectivity index (χ3v) is 3.48. The molecule has 2 rings (SSSR count). The second-order valence-electron chi connectivity index (χ2n) is 4.88. The second kappa shape index (κ2) is 5.36. The van der Waals surface area contributed by atoms with Gasteiger partial charge in [0.15, 0.2) is 0 Å². The largest absolute Gasteiger partial charge is 0.477 e. The lowest BCUT2D eigenvalue weighted by atomic mass is 10.0. The number of hydrogen-bond acceptors (Lipinski definition) is 4. The van der Waals surface area contributed by atoms with E-state index in [4.69, 9.17) is 5.11 Å². The Morgan fingerprint density at radius 3 is 2.79 bits per heavy atom. The fraction of sp³-hybridized carbons (Fsp3) is 0.462. The van der Waals surface area contributed by atoms with Crippen LogP contribution in [0.25, 0.3) is 0 Å². The van der Waals surface area contributed by atoms with Gasteiger partial charge in [-0.05, 0) is 31.2 Å². The minimum absolute atomic E-state index is 0.219. The highest BCUT2D eigenvalue weighted by atomic mass is 16.6. The topological polar surface area (TPSA) is 92.5 Å². The quantitative estimate of drug-likeness (QED) is 0.606. The van der Waals surface area contributed by atoms with Gasteiger partial charge in [0.2, 0.25) is 0 Å². The fourth-order valence-electron chi connectivity index (χ4n) is 2.17. The molecule has 1 aromatic rings. The number of hydrogen-bond donors (Lipinski definition) is 2. The molecular formula is C13H16N2O4. The predicted octanol–water partition coefficient (Wildman–Crippen LogP) is 2.18. The molecule has 1 fully saturated rings. The van der Waals surface area contributed by atoms with Gasteiger partial charge in [0.1, 0.15) is 5.56 Å². The third-order valence-electron chi connectivity index (χ3n) is 3.48. The Balaban J connectivity index is 2.20. The number of nitrogens with zero attached hydrogens (tertiary/aromatic N) is 1. The number of aromatic carboxylic acids is 1. The van der Waals surface area contributed by atoms with E-state index in [9.17, 15) is 14.9 Å². The molecule has 0 bridgehead atoms. The number of benzene rings is 1. The van der Waals surface area contributed by atoms with E-state index in [1.165, 1.54) is 25.0 Å². The Kier molecular flexibility index (Phi) is 3.80. The average molecular weight is 264 g/mol. The predicted molar refractivity (Wildman–Crippen MR) is 69.1 cm³/mol. The summed E-state index contributed by atoms with van der Waals surface area (Å²) < 4.78 is 0. The van der Waals surface area contributed by atoms with Crippen molar-refractivity contribution in [3.05, 3.63) is 39.4 Å². The molecule has 0 saturated heterocycles. The maximum absolute atomic E-state index is 11.2. The molecule has 1 unspecified atom stereocenters. The van der Waals surface area contributed by atoms with E-state index in [1.54, 1.807) is 6.07 Å². The SMILES string of the molecule is CC(NCc1cccc([N+](=O)[O-])c1C(=O)O)C1CC1. The van der Waals surface area contributed by atoms with Gasteiger partial charge in [-0.15, -0.1) is 0 Å². The van der Waals surface area contributed by atoms with Gasteiger partial charge in [0, 0.05) is 18.7 Å². The van der Waals surface area contributed by atoms with Gasteiger partial charge in [0.25, 0.3) is 5.69 Å². The van der Waals surface area contributed by atoms with Crippen molar-refractivity contribution in [2.45, 2.75) is 32.4 Å². The minimum atomic E-state index is -1.26. The molecule has 0 spiro atoms. The molecule has 1 aliphatic carbocycles. The minimum Gasteiger partial charge on any atom is -0.477 e. The van der Waals surface area contributed by atoms with Crippen LogP contribution in [0.3, 0.4) is 0 Å². The Hall–Kier alpha value is -1.95. The summed E-state index contributed by atoms with van der Waals surface area (Å²) in [4.78, 5) is 21.4. The van der Waals surface area contributed by atoms with Crippen molar-refractivity contribution in [3.63, 3.8) is 0 Å². The van der Waals surface area contributed by atoms with Crippen LogP contribution >= 0.6 is 0 Å². The van der Waals surface area contributed by atoms with Gasteiger partial charge >= 0.3 is 5.97 Å². The van der Waals surface area contributed by atoms with Crippen LogP contribution in [0, 0.1) is 16.0 Å². The summed E-state index contributed by atoms with van der Waals surface area (Å²) in [5.41, 5.74) is -0.122. The molecule has 0 aliphatic heterocycles. The van der Waals surface area contributed by atoms with Crippen LogP contribution in [0.4, 0.5) is 5.69 Å². The van der Waals surface area contributed by atoms with Crippen LogP contribution < -0.4 is 5.32 Å². The Labute approximate surface area is 110 Å². The highest BCUT2D eigenvalue weighted by Gasteiger charge is 2.28. The molecule has 1 saturated carbocycles. The van der Waals surface area contributed by atoms with Crippen LogP contribution in [0.2, 0.25) is 0 Å². The van der Waals surface area contributed by atoms with E-state index in [0.29, 0.717) is 24.1 Å². The number of nitrogens with one attached hydrogen (secondary N) is 1. The molecule has 6 heteroatoms. The van der Waals surface area contributed by atoms with Gasteiger partial charge in [-0.1, -0.05) is 12.1 Å². The van der Waals surface area contributed by atoms with Crippen molar-refractivity contribution in [2.24, 2.45) is 5.92 Å². The molecule has 0 aromatic heterocycles. The van der Waals surface area contributed by atoms with Crippen molar-refractivity contribution in [1.82, 2.24) is 5.32 Å². The van der Waals surface area contributed by atoms with Crippen molar-refractivity contribution >= 4 is 11.7 Å². The summed E-state index contributed by atoms with van der Waals surface area (Å²) in [6, 6.07) is 4.66. The van der Waals surface area contributed by atoms with Gasteiger partial charge in [-0.3, -0.25) is 10.1 Å². The first kappa shape index (κ1) is 13.5. The van der Waals surface area contributed by atoms with E-state index < -0.39 is 10.9 Å². The zero-order valence-electron chi connectivity index (χ0n) is 10.6. The van der Waals surface area contributed by atoms with Crippen molar-refractivity contribution < 1.29 is 14.8 Å². The molecule has 0 amide bonds. The number of rotatable bonds is 6. The van der Waals surface area contributed by atoms with Gasteiger partial charge in [-0.25, -0.2) is 4.79 Å². The van der Waals surface area contributed by atoms with Crippen LogP contribution in [0.1, 0.15) is 35.7 Å². The highest BCUT2D eigenvalue weighted by molar-refractivity contribution is 5.94. The molecule has 0 heterocycles. The molecule has 102 valence electrons. The first-order valence-corrected chi connectivity index (χ1v) is 6.23. The zero-order valence-corrected chi connectivity index (χ0v) is 10.6. The molecule has 1 atom stereocenters. The Morgan fingerprint density at radius 2 is 2.26 bits per heavy atom. The van der Waals surface area contributed by atoms with Crippen molar-refractivity contribution in [2.75, 3.05) is 0 Å². The first-order chi connectivity index (χ1) is 9.00. The number of carboxylic acids is 1.